The van der Waals surface area contributed by atoms with E-state index in [4.69, 9.17) is 16.3 Å². The number of hydrogen-bond acceptors (Lipinski definition) is 5. The van der Waals surface area contributed by atoms with Crippen LogP contribution in [-0.4, -0.2) is 17.0 Å². The molecule has 0 spiro atoms. The molecule has 0 atom stereocenters. The van der Waals surface area contributed by atoms with E-state index in [1.165, 1.54) is 19.4 Å². The van der Waals surface area contributed by atoms with Gasteiger partial charge in [-0.25, -0.2) is 4.98 Å². The Morgan fingerprint density at radius 2 is 2.00 bits per heavy atom. The maximum absolute atomic E-state index is 11.3. The van der Waals surface area contributed by atoms with Crippen LogP contribution in [0.3, 0.4) is 0 Å². The van der Waals surface area contributed by atoms with E-state index >= 15 is 0 Å². The summed E-state index contributed by atoms with van der Waals surface area (Å²) in [6, 6.07) is 12.0. The minimum absolute atomic E-state index is 0.0980. The van der Waals surface area contributed by atoms with Gasteiger partial charge in [-0.3, -0.25) is 10.1 Å². The van der Waals surface area contributed by atoms with Gasteiger partial charge in [-0.05, 0) is 36.4 Å². The van der Waals surface area contributed by atoms with Gasteiger partial charge >= 0.3 is 0 Å². The third kappa shape index (κ3) is 2.89. The standard InChI is InChI=1S/C16H12ClN3O3/c1-23-14-9-13(20(21)22)15-12(3-2-8-18-15)16(14)19-11-6-4-10(17)5-7-11/h2-9,19H,1H3. The van der Waals surface area contributed by atoms with E-state index in [2.05, 4.69) is 10.3 Å². The summed E-state index contributed by atoms with van der Waals surface area (Å²) in [5, 5.41) is 15.7. The van der Waals surface area contributed by atoms with Crippen LogP contribution in [0.15, 0.2) is 48.7 Å². The maximum Gasteiger partial charge on any atom is 0.299 e. The van der Waals surface area contributed by atoms with Gasteiger partial charge in [0.25, 0.3) is 5.69 Å². The fourth-order valence-corrected chi connectivity index (χ4v) is 2.44. The number of ether oxygens (including phenoxy) is 1. The number of pyridine rings is 1. The second-order valence-electron chi connectivity index (χ2n) is 4.76. The van der Waals surface area contributed by atoms with Gasteiger partial charge in [-0.2, -0.15) is 0 Å². The van der Waals surface area contributed by atoms with E-state index < -0.39 is 4.92 Å². The number of nitrogens with zero attached hydrogens (tertiary/aromatic N) is 2. The number of halogens is 1. The zero-order chi connectivity index (χ0) is 16.4. The van der Waals surface area contributed by atoms with Crippen LogP contribution in [0.25, 0.3) is 10.9 Å². The van der Waals surface area contributed by atoms with E-state index in [-0.39, 0.29) is 5.69 Å². The smallest absolute Gasteiger partial charge is 0.299 e. The molecule has 116 valence electrons. The monoisotopic (exact) mass is 329 g/mol. The number of nitro benzene ring substituents is 1. The number of non-ortho nitro benzene ring substituents is 1. The third-order valence-electron chi connectivity index (χ3n) is 3.36. The largest absolute Gasteiger partial charge is 0.494 e. The average Bonchev–Trinajstić information content (AvgIpc) is 2.56. The minimum atomic E-state index is -0.468. The van der Waals surface area contributed by atoms with Crippen molar-refractivity contribution in [3.63, 3.8) is 0 Å². The fraction of sp³-hybridized carbons (Fsp3) is 0.0625. The number of anilines is 2. The van der Waals surface area contributed by atoms with Crippen LogP contribution >= 0.6 is 11.6 Å². The molecule has 0 aliphatic carbocycles. The molecular formula is C16H12ClN3O3. The summed E-state index contributed by atoms with van der Waals surface area (Å²) in [4.78, 5) is 14.9. The second-order valence-corrected chi connectivity index (χ2v) is 5.20. The molecule has 23 heavy (non-hydrogen) atoms. The Kier molecular flexibility index (Phi) is 3.99. The first kappa shape index (κ1) is 15.1. The Bertz CT molecular complexity index is 882. The first-order chi connectivity index (χ1) is 11.1. The van der Waals surface area contributed by atoms with E-state index in [1.54, 1.807) is 24.3 Å². The molecule has 6 nitrogen and oxygen atoms in total. The number of nitrogens with one attached hydrogen (secondary N) is 1. The average molecular weight is 330 g/mol. The van der Waals surface area contributed by atoms with Crippen LogP contribution in [0.5, 0.6) is 5.75 Å². The van der Waals surface area contributed by atoms with Crippen molar-refractivity contribution in [1.82, 2.24) is 4.98 Å². The molecular weight excluding hydrogens is 318 g/mol. The maximum atomic E-state index is 11.3. The first-order valence-electron chi connectivity index (χ1n) is 6.73. The summed E-state index contributed by atoms with van der Waals surface area (Å²) < 4.78 is 5.32. The summed E-state index contributed by atoms with van der Waals surface area (Å²) in [5.74, 6) is 0.368. The van der Waals surface area contributed by atoms with E-state index in [0.717, 1.165) is 5.69 Å². The molecule has 3 aromatic rings. The lowest BCUT2D eigenvalue weighted by Gasteiger charge is -2.14. The number of benzene rings is 2. The highest BCUT2D eigenvalue weighted by Gasteiger charge is 2.20. The van der Waals surface area contributed by atoms with Crippen LogP contribution in [0, 0.1) is 10.1 Å². The Morgan fingerprint density at radius 3 is 2.65 bits per heavy atom. The van der Waals surface area contributed by atoms with Gasteiger partial charge in [0.05, 0.1) is 23.8 Å². The Balaban J connectivity index is 2.20. The number of rotatable bonds is 4. The van der Waals surface area contributed by atoms with Crippen LogP contribution in [0.2, 0.25) is 5.02 Å². The van der Waals surface area contributed by atoms with Crippen molar-refractivity contribution in [2.24, 2.45) is 0 Å². The van der Waals surface area contributed by atoms with E-state index in [9.17, 15) is 10.1 Å². The first-order valence-corrected chi connectivity index (χ1v) is 7.10. The zero-order valence-electron chi connectivity index (χ0n) is 12.1. The molecule has 0 unspecified atom stereocenters. The lowest BCUT2D eigenvalue weighted by molar-refractivity contribution is -0.383. The molecule has 0 radical (unpaired) electrons. The van der Waals surface area contributed by atoms with Crippen LogP contribution < -0.4 is 10.1 Å². The highest BCUT2D eigenvalue weighted by atomic mass is 35.5. The van der Waals surface area contributed by atoms with Gasteiger partial charge in [0.2, 0.25) is 0 Å². The minimum Gasteiger partial charge on any atom is -0.494 e. The van der Waals surface area contributed by atoms with Crippen molar-refractivity contribution in [2.45, 2.75) is 0 Å². The van der Waals surface area contributed by atoms with E-state index in [1.807, 2.05) is 12.1 Å². The zero-order valence-corrected chi connectivity index (χ0v) is 12.9. The van der Waals surface area contributed by atoms with Crippen LogP contribution in [-0.2, 0) is 0 Å². The molecule has 0 aliphatic heterocycles. The van der Waals surface area contributed by atoms with Gasteiger partial charge < -0.3 is 10.1 Å². The van der Waals surface area contributed by atoms with Crippen LogP contribution in [0.1, 0.15) is 0 Å². The van der Waals surface area contributed by atoms with Crippen molar-refractivity contribution < 1.29 is 9.66 Å². The summed E-state index contributed by atoms with van der Waals surface area (Å²) >= 11 is 5.89. The lowest BCUT2D eigenvalue weighted by Crippen LogP contribution is -1.99. The molecule has 3 rings (SSSR count). The van der Waals surface area contributed by atoms with Crippen molar-refractivity contribution in [3.05, 3.63) is 63.8 Å². The summed E-state index contributed by atoms with van der Waals surface area (Å²) in [6.45, 7) is 0. The predicted octanol–water partition coefficient (Wildman–Crippen LogP) is 4.55. The lowest BCUT2D eigenvalue weighted by atomic mass is 10.1. The predicted molar refractivity (Wildman–Crippen MR) is 89.7 cm³/mol. The summed E-state index contributed by atoms with van der Waals surface area (Å²) in [5.41, 5.74) is 1.60. The van der Waals surface area contributed by atoms with Crippen molar-refractivity contribution in [2.75, 3.05) is 12.4 Å². The molecule has 0 bridgehead atoms. The van der Waals surface area contributed by atoms with Crippen molar-refractivity contribution in [3.8, 4) is 5.75 Å². The highest BCUT2D eigenvalue weighted by Crippen LogP contribution is 2.39. The number of aromatic nitrogens is 1. The highest BCUT2D eigenvalue weighted by molar-refractivity contribution is 6.30. The van der Waals surface area contributed by atoms with Gasteiger partial charge in [-0.15, -0.1) is 0 Å². The number of nitro groups is 1. The third-order valence-corrected chi connectivity index (χ3v) is 3.62. The van der Waals surface area contributed by atoms with Crippen molar-refractivity contribution >= 4 is 39.6 Å². The molecule has 7 heteroatoms. The molecule has 0 saturated heterocycles. The molecule has 1 aromatic heterocycles. The molecule has 0 amide bonds. The van der Waals surface area contributed by atoms with Gasteiger partial charge in [0.1, 0.15) is 5.75 Å². The molecule has 1 N–H and O–H groups in total. The molecule has 1 heterocycles. The summed E-state index contributed by atoms with van der Waals surface area (Å²) in [7, 11) is 1.47. The van der Waals surface area contributed by atoms with Gasteiger partial charge in [-0.1, -0.05) is 11.6 Å². The second kappa shape index (κ2) is 6.10. The fourth-order valence-electron chi connectivity index (χ4n) is 2.32. The molecule has 0 saturated carbocycles. The number of fused-ring (bicyclic) bond motifs is 1. The Morgan fingerprint density at radius 1 is 1.26 bits per heavy atom. The number of hydrogen-bond donors (Lipinski definition) is 1. The molecule has 0 fully saturated rings. The topological polar surface area (TPSA) is 77.3 Å². The Labute approximate surface area is 136 Å². The summed E-state index contributed by atoms with van der Waals surface area (Å²) in [6.07, 6.45) is 1.52. The Hall–Kier alpha value is -2.86. The SMILES string of the molecule is COc1cc([N+](=O)[O-])c2ncccc2c1Nc1ccc(Cl)cc1. The molecule has 2 aromatic carbocycles. The van der Waals surface area contributed by atoms with E-state index in [0.29, 0.717) is 27.4 Å². The molecule has 0 aliphatic rings. The normalized spacial score (nSPS) is 10.5. The van der Waals surface area contributed by atoms with Crippen LogP contribution in [0.4, 0.5) is 17.1 Å². The van der Waals surface area contributed by atoms with Gasteiger partial charge in [0, 0.05) is 22.3 Å². The van der Waals surface area contributed by atoms with Gasteiger partial charge in [0.15, 0.2) is 5.52 Å². The number of methoxy groups -OCH3 is 1. The van der Waals surface area contributed by atoms with Crippen molar-refractivity contribution in [1.29, 1.82) is 0 Å². The quantitative estimate of drug-likeness (QED) is 0.561.